The molecule has 0 atom stereocenters. The Bertz CT molecular complexity index is 771. The Kier molecular flexibility index (Phi) is 3.60. The highest BCUT2D eigenvalue weighted by Crippen LogP contribution is 2.19. The molecule has 1 heterocycles. The first kappa shape index (κ1) is 13.2. The first-order valence-electron chi connectivity index (χ1n) is 6.75. The van der Waals surface area contributed by atoms with Crippen molar-refractivity contribution in [1.82, 2.24) is 9.97 Å². The van der Waals surface area contributed by atoms with Crippen molar-refractivity contribution in [3.8, 4) is 0 Å². The Balaban J connectivity index is 1.82. The normalized spacial score (nSPS) is 10.5. The van der Waals surface area contributed by atoms with Gasteiger partial charge in [0, 0.05) is 25.1 Å². The van der Waals surface area contributed by atoms with Gasteiger partial charge in [-0.1, -0.05) is 30.3 Å². The molecule has 2 aromatic carbocycles. The lowest BCUT2D eigenvalue weighted by molar-refractivity contribution is -0.117. The maximum atomic E-state index is 12.3. The summed E-state index contributed by atoms with van der Waals surface area (Å²) in [6, 6.07) is 15.4. The molecule has 0 aliphatic heterocycles. The molecule has 104 valence electrons. The Morgan fingerprint density at radius 1 is 1.00 bits per heavy atom. The molecule has 0 bridgehead atoms. The average molecular weight is 277 g/mol. The molecule has 4 nitrogen and oxygen atoms in total. The van der Waals surface area contributed by atoms with E-state index < -0.39 is 0 Å². The largest absolute Gasteiger partial charge is 0.315 e. The zero-order valence-electron chi connectivity index (χ0n) is 11.7. The van der Waals surface area contributed by atoms with Crippen molar-refractivity contribution in [1.29, 1.82) is 0 Å². The lowest BCUT2D eigenvalue weighted by Crippen LogP contribution is -2.27. The van der Waals surface area contributed by atoms with Gasteiger partial charge in [0.25, 0.3) is 0 Å². The Hall–Kier alpha value is -2.75. The van der Waals surface area contributed by atoms with Crippen molar-refractivity contribution in [3.63, 3.8) is 0 Å². The number of anilines is 1. The molecule has 0 unspecified atom stereocenters. The van der Waals surface area contributed by atoms with E-state index in [1.807, 2.05) is 48.5 Å². The van der Waals surface area contributed by atoms with E-state index in [2.05, 4.69) is 9.97 Å². The van der Waals surface area contributed by atoms with E-state index in [1.54, 1.807) is 24.3 Å². The van der Waals surface area contributed by atoms with Gasteiger partial charge in [-0.25, -0.2) is 0 Å². The Morgan fingerprint density at radius 3 is 2.48 bits per heavy atom. The first-order valence-corrected chi connectivity index (χ1v) is 6.75. The van der Waals surface area contributed by atoms with Crippen molar-refractivity contribution in [2.24, 2.45) is 0 Å². The molecule has 0 saturated carbocycles. The van der Waals surface area contributed by atoms with E-state index in [4.69, 9.17) is 0 Å². The van der Waals surface area contributed by atoms with Crippen LogP contribution in [-0.2, 0) is 11.2 Å². The van der Waals surface area contributed by atoms with Crippen molar-refractivity contribution in [3.05, 3.63) is 66.5 Å². The number of benzene rings is 2. The van der Waals surface area contributed by atoms with Gasteiger partial charge in [0.15, 0.2) is 0 Å². The monoisotopic (exact) mass is 277 g/mol. The van der Waals surface area contributed by atoms with Gasteiger partial charge in [-0.3, -0.25) is 14.8 Å². The van der Waals surface area contributed by atoms with E-state index in [1.165, 1.54) is 0 Å². The van der Waals surface area contributed by atoms with E-state index >= 15 is 0 Å². The van der Waals surface area contributed by atoms with Crippen molar-refractivity contribution in [2.45, 2.75) is 6.42 Å². The van der Waals surface area contributed by atoms with Crippen molar-refractivity contribution in [2.75, 3.05) is 11.9 Å². The van der Waals surface area contributed by atoms with Crippen LogP contribution in [0.4, 0.5) is 5.69 Å². The third kappa shape index (κ3) is 2.89. The summed E-state index contributed by atoms with van der Waals surface area (Å²) in [6.07, 6.45) is 3.69. The molecule has 0 saturated heterocycles. The summed E-state index contributed by atoms with van der Waals surface area (Å²) < 4.78 is 0. The first-order chi connectivity index (χ1) is 10.2. The number of carbonyl (C=O) groups excluding carboxylic acids is 1. The number of hydrogen-bond donors (Lipinski definition) is 0. The molecule has 3 aromatic rings. The summed E-state index contributed by atoms with van der Waals surface area (Å²) in [7, 11) is 1.78. The van der Waals surface area contributed by atoms with E-state index in [9.17, 15) is 4.79 Å². The molecule has 21 heavy (non-hydrogen) atoms. The number of likely N-dealkylation sites (N-methyl/N-ethyl adjacent to an activating group) is 1. The van der Waals surface area contributed by atoms with Gasteiger partial charge < -0.3 is 4.90 Å². The van der Waals surface area contributed by atoms with Gasteiger partial charge in [0.1, 0.15) is 0 Å². The number of hydrogen-bond acceptors (Lipinski definition) is 3. The van der Waals surface area contributed by atoms with Gasteiger partial charge in [-0.2, -0.15) is 0 Å². The smallest absolute Gasteiger partial charge is 0.231 e. The molecule has 0 fully saturated rings. The minimum atomic E-state index is 0.0458. The zero-order chi connectivity index (χ0) is 14.7. The molecule has 4 heteroatoms. The molecular weight excluding hydrogens is 262 g/mol. The fourth-order valence-corrected chi connectivity index (χ4v) is 2.19. The third-order valence-corrected chi connectivity index (χ3v) is 3.41. The topological polar surface area (TPSA) is 46.1 Å². The molecule has 0 aliphatic rings. The maximum absolute atomic E-state index is 12.3. The second-order valence-electron chi connectivity index (χ2n) is 4.84. The molecule has 3 rings (SSSR count). The Morgan fingerprint density at radius 2 is 1.71 bits per heavy atom. The maximum Gasteiger partial charge on any atom is 0.231 e. The summed E-state index contributed by atoms with van der Waals surface area (Å²) in [6.45, 7) is 0. The molecule has 0 spiro atoms. The van der Waals surface area contributed by atoms with Crippen LogP contribution in [0.3, 0.4) is 0 Å². The molecule has 1 aromatic heterocycles. The highest BCUT2D eigenvalue weighted by atomic mass is 16.2. The van der Waals surface area contributed by atoms with Crippen LogP contribution in [0.1, 0.15) is 5.56 Å². The molecule has 0 N–H and O–H groups in total. The van der Waals surface area contributed by atoms with E-state index in [0.29, 0.717) is 6.42 Å². The minimum absolute atomic E-state index is 0.0458. The summed E-state index contributed by atoms with van der Waals surface area (Å²) >= 11 is 0. The number of amides is 1. The van der Waals surface area contributed by atoms with Gasteiger partial charge in [-0.05, 0) is 23.8 Å². The number of nitrogens with zero attached hydrogens (tertiary/aromatic N) is 3. The van der Waals surface area contributed by atoms with Crippen molar-refractivity contribution < 1.29 is 4.79 Å². The van der Waals surface area contributed by atoms with Gasteiger partial charge >= 0.3 is 0 Å². The summed E-state index contributed by atoms with van der Waals surface area (Å²) in [5.41, 5.74) is 3.44. The number of fused-ring (bicyclic) bond motifs is 1. The predicted octanol–water partition coefficient (Wildman–Crippen LogP) is 2.84. The Labute approximate surface area is 123 Å². The predicted molar refractivity (Wildman–Crippen MR) is 83.1 cm³/mol. The van der Waals surface area contributed by atoms with E-state index in [-0.39, 0.29) is 5.91 Å². The second-order valence-corrected chi connectivity index (χ2v) is 4.84. The summed E-state index contributed by atoms with van der Waals surface area (Å²) in [5, 5.41) is 0. The number of rotatable bonds is 3. The van der Waals surface area contributed by atoms with Crippen LogP contribution in [0.2, 0.25) is 0 Å². The van der Waals surface area contributed by atoms with Crippen LogP contribution in [0.15, 0.2) is 60.9 Å². The molecule has 0 radical (unpaired) electrons. The highest BCUT2D eigenvalue weighted by Gasteiger charge is 2.12. The van der Waals surface area contributed by atoms with Gasteiger partial charge in [0.2, 0.25) is 5.91 Å². The van der Waals surface area contributed by atoms with Gasteiger partial charge in [-0.15, -0.1) is 0 Å². The van der Waals surface area contributed by atoms with Crippen molar-refractivity contribution >= 4 is 22.6 Å². The van der Waals surface area contributed by atoms with Crippen LogP contribution in [0.25, 0.3) is 11.0 Å². The van der Waals surface area contributed by atoms with Crippen LogP contribution in [0, 0.1) is 0 Å². The zero-order valence-corrected chi connectivity index (χ0v) is 11.7. The summed E-state index contributed by atoms with van der Waals surface area (Å²) in [5.74, 6) is 0.0458. The molecule has 0 aliphatic carbocycles. The minimum Gasteiger partial charge on any atom is -0.315 e. The number of aromatic nitrogens is 2. The SMILES string of the molecule is CN(C(=O)Cc1ccccc1)c1ccc2nccnc2c1. The van der Waals surface area contributed by atoms with Gasteiger partial charge in [0.05, 0.1) is 17.5 Å². The molecular formula is C17H15N3O. The number of carbonyl (C=O) groups is 1. The average Bonchev–Trinajstić information content (AvgIpc) is 2.54. The van der Waals surface area contributed by atoms with Crippen LogP contribution in [-0.4, -0.2) is 22.9 Å². The standard InChI is InChI=1S/C17H15N3O/c1-20(17(21)11-13-5-3-2-4-6-13)14-7-8-15-16(12-14)19-10-9-18-15/h2-10,12H,11H2,1H3. The van der Waals surface area contributed by atoms with Crippen LogP contribution in [0.5, 0.6) is 0 Å². The lowest BCUT2D eigenvalue weighted by Gasteiger charge is -2.17. The second kappa shape index (κ2) is 5.71. The fourth-order valence-electron chi connectivity index (χ4n) is 2.19. The fraction of sp³-hybridized carbons (Fsp3) is 0.118. The highest BCUT2D eigenvalue weighted by molar-refractivity contribution is 5.95. The van der Waals surface area contributed by atoms with Crippen LogP contribution < -0.4 is 4.90 Å². The summed E-state index contributed by atoms with van der Waals surface area (Å²) in [4.78, 5) is 22.5. The lowest BCUT2D eigenvalue weighted by atomic mass is 10.1. The third-order valence-electron chi connectivity index (χ3n) is 3.41. The van der Waals surface area contributed by atoms with E-state index in [0.717, 1.165) is 22.3 Å². The quantitative estimate of drug-likeness (QED) is 0.739. The van der Waals surface area contributed by atoms with Crippen LogP contribution >= 0.6 is 0 Å². The molecule has 1 amide bonds.